The standard InChI is InChI=1S/C26H34N8O2/c1-18(2)19-11-26(32-28-13-19)31-25-5-4-23-24(30-25)10-20(12-27-23)21-14-29-34(15-21)17-22(35-3)16-33-6-8-36-9-7-33/h4-5,10-13,15,18,22,29H,6-9,14,16-17H2,1-3H3,(H,30,31,32). The van der Waals surface area contributed by atoms with Gasteiger partial charge in [0.1, 0.15) is 5.82 Å². The van der Waals surface area contributed by atoms with E-state index >= 15 is 0 Å². The Labute approximate surface area is 211 Å². The van der Waals surface area contributed by atoms with Gasteiger partial charge < -0.3 is 19.8 Å². The van der Waals surface area contributed by atoms with Crippen molar-refractivity contribution in [1.29, 1.82) is 0 Å². The number of pyridine rings is 2. The number of methoxy groups -OCH3 is 1. The highest BCUT2D eigenvalue weighted by atomic mass is 16.5. The second-order valence-electron chi connectivity index (χ2n) is 9.52. The van der Waals surface area contributed by atoms with Gasteiger partial charge in [0.05, 0.1) is 43.1 Å². The first-order chi connectivity index (χ1) is 17.6. The van der Waals surface area contributed by atoms with Crippen LogP contribution in [0, 0.1) is 0 Å². The van der Waals surface area contributed by atoms with Gasteiger partial charge in [-0.25, -0.2) is 10.4 Å². The molecular formula is C26H34N8O2. The van der Waals surface area contributed by atoms with Gasteiger partial charge in [0.2, 0.25) is 0 Å². The maximum atomic E-state index is 5.76. The summed E-state index contributed by atoms with van der Waals surface area (Å²) in [6.07, 6.45) is 5.95. The quantitative estimate of drug-likeness (QED) is 0.466. The number of hydrogen-bond donors (Lipinski definition) is 2. The summed E-state index contributed by atoms with van der Waals surface area (Å²) in [6.45, 7) is 10.2. The topological polar surface area (TPSA) is 101 Å². The van der Waals surface area contributed by atoms with Crippen molar-refractivity contribution in [3.05, 3.63) is 54.0 Å². The van der Waals surface area contributed by atoms with E-state index in [1.54, 1.807) is 13.3 Å². The highest BCUT2D eigenvalue weighted by Crippen LogP contribution is 2.24. The van der Waals surface area contributed by atoms with Crippen LogP contribution >= 0.6 is 0 Å². The van der Waals surface area contributed by atoms with Crippen molar-refractivity contribution in [3.8, 4) is 0 Å². The van der Waals surface area contributed by atoms with Crippen molar-refractivity contribution < 1.29 is 9.47 Å². The SMILES string of the molecule is COC(CN1CCOCC1)CN1C=C(c2cnc3ccc(Nc4cc(C(C)C)cnn4)nc3c2)CN1. The van der Waals surface area contributed by atoms with Crippen LogP contribution in [0.3, 0.4) is 0 Å². The van der Waals surface area contributed by atoms with Crippen molar-refractivity contribution in [2.75, 3.05) is 58.4 Å². The minimum absolute atomic E-state index is 0.105. The van der Waals surface area contributed by atoms with Crippen LogP contribution in [0.4, 0.5) is 11.6 Å². The Bertz CT molecular complexity index is 1210. The van der Waals surface area contributed by atoms with Crippen LogP contribution in [0.5, 0.6) is 0 Å². The summed E-state index contributed by atoms with van der Waals surface area (Å²) in [5.74, 6) is 1.77. The molecule has 0 spiro atoms. The van der Waals surface area contributed by atoms with Crippen molar-refractivity contribution in [1.82, 2.24) is 35.5 Å². The number of anilines is 2. The number of fused-ring (bicyclic) bond motifs is 1. The molecule has 1 saturated heterocycles. The molecule has 2 aliphatic heterocycles. The monoisotopic (exact) mass is 490 g/mol. The molecule has 0 aliphatic carbocycles. The molecule has 5 heterocycles. The van der Waals surface area contributed by atoms with E-state index in [-0.39, 0.29) is 6.10 Å². The second kappa shape index (κ2) is 11.3. The van der Waals surface area contributed by atoms with Gasteiger partial charge in [0, 0.05) is 51.2 Å². The summed E-state index contributed by atoms with van der Waals surface area (Å²) < 4.78 is 11.2. The molecule has 0 radical (unpaired) electrons. The number of hydrogen-bond acceptors (Lipinski definition) is 10. The molecule has 10 nitrogen and oxygen atoms in total. The lowest BCUT2D eigenvalue weighted by atomic mass is 10.1. The second-order valence-corrected chi connectivity index (χ2v) is 9.52. The molecule has 10 heteroatoms. The van der Waals surface area contributed by atoms with Crippen molar-refractivity contribution in [2.45, 2.75) is 25.9 Å². The van der Waals surface area contributed by atoms with Crippen LogP contribution in [-0.2, 0) is 9.47 Å². The van der Waals surface area contributed by atoms with Gasteiger partial charge >= 0.3 is 0 Å². The third kappa shape index (κ3) is 5.96. The first-order valence-corrected chi connectivity index (χ1v) is 12.5. The van der Waals surface area contributed by atoms with Crippen LogP contribution in [0.1, 0.15) is 30.9 Å². The number of aromatic nitrogens is 4. The van der Waals surface area contributed by atoms with E-state index in [9.17, 15) is 0 Å². The Kier molecular flexibility index (Phi) is 7.66. The number of morpholine rings is 1. The maximum absolute atomic E-state index is 5.76. The molecule has 0 amide bonds. The molecule has 190 valence electrons. The van der Waals surface area contributed by atoms with E-state index in [2.05, 4.69) is 61.9 Å². The van der Waals surface area contributed by atoms with Gasteiger partial charge in [-0.1, -0.05) is 13.8 Å². The average molecular weight is 491 g/mol. The fraction of sp³-hybridized carbons (Fsp3) is 0.462. The summed E-state index contributed by atoms with van der Waals surface area (Å²) in [4.78, 5) is 11.8. The molecule has 5 rings (SSSR count). The number of nitrogens with zero attached hydrogens (tertiary/aromatic N) is 6. The minimum Gasteiger partial charge on any atom is -0.379 e. The maximum Gasteiger partial charge on any atom is 0.154 e. The smallest absolute Gasteiger partial charge is 0.154 e. The van der Waals surface area contributed by atoms with Crippen LogP contribution in [0.2, 0.25) is 0 Å². The zero-order valence-electron chi connectivity index (χ0n) is 21.1. The minimum atomic E-state index is 0.105. The third-order valence-corrected chi connectivity index (χ3v) is 6.59. The Balaban J connectivity index is 1.27. The van der Waals surface area contributed by atoms with E-state index in [0.717, 1.165) is 68.1 Å². The first kappa shape index (κ1) is 24.5. The molecule has 1 fully saturated rings. The van der Waals surface area contributed by atoms with Gasteiger partial charge in [-0.2, -0.15) is 5.10 Å². The summed E-state index contributed by atoms with van der Waals surface area (Å²) in [5.41, 5.74) is 8.47. The van der Waals surface area contributed by atoms with E-state index in [1.807, 2.05) is 24.4 Å². The normalized spacial score (nSPS) is 17.6. The largest absolute Gasteiger partial charge is 0.379 e. The Hall–Kier alpha value is -3.18. The van der Waals surface area contributed by atoms with Crippen molar-refractivity contribution in [3.63, 3.8) is 0 Å². The number of hydrazine groups is 1. The Morgan fingerprint density at radius 2 is 1.94 bits per heavy atom. The summed E-state index contributed by atoms with van der Waals surface area (Å²) >= 11 is 0. The molecule has 0 saturated carbocycles. The lowest BCUT2D eigenvalue weighted by molar-refractivity contribution is -0.00628. The predicted octanol–water partition coefficient (Wildman–Crippen LogP) is 2.80. The zero-order valence-corrected chi connectivity index (χ0v) is 21.1. The van der Waals surface area contributed by atoms with E-state index in [1.165, 1.54) is 5.57 Å². The number of nitrogens with one attached hydrogen (secondary N) is 2. The van der Waals surface area contributed by atoms with Crippen molar-refractivity contribution >= 4 is 28.2 Å². The molecule has 2 aliphatic rings. The van der Waals surface area contributed by atoms with E-state index in [4.69, 9.17) is 14.5 Å². The fourth-order valence-electron chi connectivity index (χ4n) is 4.40. The Morgan fingerprint density at radius 1 is 1.08 bits per heavy atom. The highest BCUT2D eigenvalue weighted by molar-refractivity contribution is 5.81. The van der Waals surface area contributed by atoms with Crippen molar-refractivity contribution in [2.24, 2.45) is 0 Å². The molecule has 2 N–H and O–H groups in total. The zero-order chi connectivity index (χ0) is 24.9. The van der Waals surface area contributed by atoms with Gasteiger partial charge in [-0.3, -0.25) is 9.88 Å². The molecule has 1 atom stereocenters. The average Bonchev–Trinajstić information content (AvgIpc) is 3.37. The number of ether oxygens (including phenoxy) is 2. The molecule has 0 aromatic carbocycles. The molecular weight excluding hydrogens is 456 g/mol. The van der Waals surface area contributed by atoms with Gasteiger partial charge in [0.25, 0.3) is 0 Å². The highest BCUT2D eigenvalue weighted by Gasteiger charge is 2.21. The lowest BCUT2D eigenvalue weighted by Crippen LogP contribution is -2.46. The third-order valence-electron chi connectivity index (χ3n) is 6.59. The summed E-state index contributed by atoms with van der Waals surface area (Å²) in [6, 6.07) is 7.98. The number of rotatable bonds is 9. The first-order valence-electron chi connectivity index (χ1n) is 12.5. The Morgan fingerprint density at radius 3 is 2.75 bits per heavy atom. The molecule has 3 aromatic heterocycles. The summed E-state index contributed by atoms with van der Waals surface area (Å²) in [7, 11) is 1.78. The van der Waals surface area contributed by atoms with Gasteiger partial charge in [-0.05, 0) is 41.3 Å². The fourth-order valence-corrected chi connectivity index (χ4v) is 4.40. The van der Waals surface area contributed by atoms with Gasteiger partial charge in [0.15, 0.2) is 5.82 Å². The molecule has 3 aromatic rings. The summed E-state index contributed by atoms with van der Waals surface area (Å²) in [5, 5.41) is 13.7. The predicted molar refractivity (Wildman–Crippen MR) is 140 cm³/mol. The van der Waals surface area contributed by atoms with Gasteiger partial charge in [-0.15, -0.1) is 5.10 Å². The van der Waals surface area contributed by atoms with E-state index < -0.39 is 0 Å². The van der Waals surface area contributed by atoms with Crippen LogP contribution < -0.4 is 10.7 Å². The molecule has 0 bridgehead atoms. The molecule has 36 heavy (non-hydrogen) atoms. The molecule has 1 unspecified atom stereocenters. The van der Waals surface area contributed by atoms with E-state index in [0.29, 0.717) is 17.6 Å². The lowest BCUT2D eigenvalue weighted by Gasteiger charge is -2.31. The van der Waals surface area contributed by atoms with Crippen LogP contribution in [0.15, 0.2) is 42.9 Å². The van der Waals surface area contributed by atoms with Crippen LogP contribution in [0.25, 0.3) is 16.6 Å². The van der Waals surface area contributed by atoms with Crippen LogP contribution in [-0.4, -0.2) is 89.2 Å².